The molecule has 47 heavy (non-hydrogen) atoms. The number of rotatable bonds is 15. The molecule has 0 unspecified atom stereocenters. The number of piperidine rings is 1. The molecule has 0 spiro atoms. The zero-order valence-electron chi connectivity index (χ0n) is 28.5. The first-order valence-electron chi connectivity index (χ1n) is 16.0. The first kappa shape index (κ1) is 35.3. The smallest absolute Gasteiger partial charge is 0.329 e. The van der Waals surface area contributed by atoms with E-state index in [1.54, 1.807) is 59.7 Å². The largest absolute Gasteiger partial charge is 0.497 e. The molecule has 1 aliphatic heterocycles. The summed E-state index contributed by atoms with van der Waals surface area (Å²) in [6, 6.07) is 16.2. The molecule has 1 aliphatic rings. The molecule has 3 aromatic rings. The average Bonchev–Trinajstić information content (AvgIpc) is 3.12. The van der Waals surface area contributed by atoms with Gasteiger partial charge in [0.2, 0.25) is 11.7 Å². The quantitative estimate of drug-likeness (QED) is 0.170. The molecule has 0 aromatic heterocycles. The van der Waals surface area contributed by atoms with Crippen molar-refractivity contribution in [1.29, 1.82) is 0 Å². The summed E-state index contributed by atoms with van der Waals surface area (Å²) in [5, 5.41) is 0. The van der Waals surface area contributed by atoms with Crippen LogP contribution in [-0.2, 0) is 20.7 Å². The summed E-state index contributed by atoms with van der Waals surface area (Å²) in [4.78, 5) is 30.0. The molecule has 3 atom stereocenters. The van der Waals surface area contributed by atoms with Gasteiger partial charge in [0.15, 0.2) is 23.0 Å². The second kappa shape index (κ2) is 16.8. The minimum atomic E-state index is -0.707. The number of carbonyl (C=O) groups is 2. The normalized spacial score (nSPS) is 15.6. The molecule has 0 bridgehead atoms. The summed E-state index contributed by atoms with van der Waals surface area (Å²) < 4.78 is 39.2. The van der Waals surface area contributed by atoms with E-state index in [2.05, 4.69) is 0 Å². The van der Waals surface area contributed by atoms with Gasteiger partial charge in [-0.15, -0.1) is 0 Å². The van der Waals surface area contributed by atoms with Crippen LogP contribution in [0.25, 0.3) is 0 Å². The van der Waals surface area contributed by atoms with Crippen molar-refractivity contribution < 1.29 is 42.7 Å². The third-order valence-corrected chi connectivity index (χ3v) is 8.72. The number of methoxy groups -OCH3 is 6. The highest BCUT2D eigenvalue weighted by molar-refractivity contribution is 5.89. The van der Waals surface area contributed by atoms with E-state index in [0.717, 1.165) is 29.5 Å². The predicted molar refractivity (Wildman–Crippen MR) is 178 cm³/mol. The highest BCUT2D eigenvalue weighted by atomic mass is 16.5. The van der Waals surface area contributed by atoms with Gasteiger partial charge < -0.3 is 38.1 Å². The molecular weight excluding hydrogens is 602 g/mol. The maximum absolute atomic E-state index is 14.2. The van der Waals surface area contributed by atoms with Crippen LogP contribution in [0.4, 0.5) is 0 Å². The summed E-state index contributed by atoms with van der Waals surface area (Å²) in [6.07, 6.45) is 3.23. The molecule has 0 aliphatic carbocycles. The molecule has 1 saturated heterocycles. The third-order valence-electron chi connectivity index (χ3n) is 8.72. The lowest BCUT2D eigenvalue weighted by Gasteiger charge is -2.37. The standard InChI is InChI=1S/C37H47NO9/c1-8-28(26-22-33(44-5)35(46-7)34(23-26)45-6)36(39)38-19-10-9-14-29(38)37(40)47-30(25-12-11-13-27(21-25)41-2)17-15-24-16-18-31(42-3)32(20-24)43-4/h11-13,16,18,20-23,28-30H,8-10,14-15,17,19H2,1-7H3/t28-,29-,30+/m0/s1. The minimum Gasteiger partial charge on any atom is -0.497 e. The number of ether oxygens (including phenoxy) is 7. The van der Waals surface area contributed by atoms with Gasteiger partial charge in [-0.3, -0.25) is 4.79 Å². The Bertz CT molecular complexity index is 1480. The lowest BCUT2D eigenvalue weighted by atomic mass is 9.91. The van der Waals surface area contributed by atoms with Crippen LogP contribution in [0, 0.1) is 0 Å². The minimum absolute atomic E-state index is 0.133. The first-order chi connectivity index (χ1) is 22.8. The van der Waals surface area contributed by atoms with Crippen molar-refractivity contribution in [2.75, 3.05) is 49.2 Å². The van der Waals surface area contributed by atoms with E-state index < -0.39 is 24.0 Å². The van der Waals surface area contributed by atoms with Crippen LogP contribution < -0.4 is 28.4 Å². The van der Waals surface area contributed by atoms with Crippen molar-refractivity contribution in [3.63, 3.8) is 0 Å². The van der Waals surface area contributed by atoms with Gasteiger partial charge in [0.05, 0.1) is 48.6 Å². The van der Waals surface area contributed by atoms with Crippen molar-refractivity contribution in [2.24, 2.45) is 0 Å². The Morgan fingerprint density at radius 3 is 2.09 bits per heavy atom. The van der Waals surface area contributed by atoms with Gasteiger partial charge in [-0.1, -0.05) is 25.1 Å². The Labute approximate surface area is 277 Å². The van der Waals surface area contributed by atoms with Gasteiger partial charge in [0, 0.05) is 6.54 Å². The number of carbonyl (C=O) groups excluding carboxylic acids is 2. The zero-order valence-corrected chi connectivity index (χ0v) is 28.5. The van der Waals surface area contributed by atoms with Gasteiger partial charge in [0.1, 0.15) is 17.9 Å². The molecule has 3 aromatic carbocycles. The Hall–Kier alpha value is -4.60. The van der Waals surface area contributed by atoms with E-state index in [1.165, 1.54) is 0 Å². The molecule has 1 amide bonds. The van der Waals surface area contributed by atoms with E-state index in [4.69, 9.17) is 33.2 Å². The number of likely N-dealkylation sites (tertiary alicyclic amines) is 1. The number of hydrogen-bond acceptors (Lipinski definition) is 9. The Morgan fingerprint density at radius 1 is 0.766 bits per heavy atom. The summed E-state index contributed by atoms with van der Waals surface area (Å²) in [5.74, 6) is 2.27. The number of hydrogen-bond donors (Lipinski definition) is 0. The fraction of sp³-hybridized carbons (Fsp3) is 0.459. The van der Waals surface area contributed by atoms with Gasteiger partial charge >= 0.3 is 5.97 Å². The zero-order chi connectivity index (χ0) is 33.9. The summed E-state index contributed by atoms with van der Waals surface area (Å²) in [5.41, 5.74) is 2.56. The Balaban J connectivity index is 1.60. The van der Waals surface area contributed by atoms with Crippen LogP contribution in [0.15, 0.2) is 54.6 Å². The molecule has 4 rings (SSSR count). The molecule has 0 saturated carbocycles. The van der Waals surface area contributed by atoms with E-state index in [-0.39, 0.29) is 5.91 Å². The highest BCUT2D eigenvalue weighted by Gasteiger charge is 2.38. The third kappa shape index (κ3) is 8.22. The van der Waals surface area contributed by atoms with Crippen LogP contribution in [0.2, 0.25) is 0 Å². The molecule has 10 heteroatoms. The molecule has 0 N–H and O–H groups in total. The van der Waals surface area contributed by atoms with Gasteiger partial charge in [0.25, 0.3) is 0 Å². The average molecular weight is 650 g/mol. The van der Waals surface area contributed by atoms with Crippen molar-refractivity contribution in [1.82, 2.24) is 4.90 Å². The molecule has 254 valence electrons. The fourth-order valence-electron chi connectivity index (χ4n) is 6.18. The fourth-order valence-corrected chi connectivity index (χ4v) is 6.18. The molecule has 0 radical (unpaired) electrons. The topological polar surface area (TPSA) is 102 Å². The van der Waals surface area contributed by atoms with E-state index in [9.17, 15) is 9.59 Å². The number of aryl methyl sites for hydroxylation is 1. The lowest BCUT2D eigenvalue weighted by Crippen LogP contribution is -2.50. The van der Waals surface area contributed by atoms with Crippen LogP contribution >= 0.6 is 0 Å². The summed E-state index contributed by atoms with van der Waals surface area (Å²) in [7, 11) is 9.44. The van der Waals surface area contributed by atoms with Gasteiger partial charge in [-0.05, 0) is 91.6 Å². The lowest BCUT2D eigenvalue weighted by molar-refractivity contribution is -0.162. The maximum atomic E-state index is 14.2. The number of benzene rings is 3. The first-order valence-corrected chi connectivity index (χ1v) is 16.0. The number of amides is 1. The maximum Gasteiger partial charge on any atom is 0.329 e. The second-order valence-corrected chi connectivity index (χ2v) is 11.4. The Morgan fingerprint density at radius 2 is 1.47 bits per heavy atom. The van der Waals surface area contributed by atoms with Crippen molar-refractivity contribution in [3.8, 4) is 34.5 Å². The van der Waals surface area contributed by atoms with Gasteiger partial charge in [-0.25, -0.2) is 4.79 Å². The van der Waals surface area contributed by atoms with E-state index in [1.807, 2.05) is 49.4 Å². The Kier molecular flexibility index (Phi) is 12.6. The second-order valence-electron chi connectivity index (χ2n) is 11.4. The monoisotopic (exact) mass is 649 g/mol. The van der Waals surface area contributed by atoms with Crippen LogP contribution in [0.1, 0.15) is 67.7 Å². The van der Waals surface area contributed by atoms with Crippen LogP contribution in [0.3, 0.4) is 0 Å². The van der Waals surface area contributed by atoms with Gasteiger partial charge in [-0.2, -0.15) is 0 Å². The highest BCUT2D eigenvalue weighted by Crippen LogP contribution is 2.41. The molecular formula is C37H47NO9. The molecule has 1 fully saturated rings. The van der Waals surface area contributed by atoms with Crippen LogP contribution in [0.5, 0.6) is 34.5 Å². The summed E-state index contributed by atoms with van der Waals surface area (Å²) >= 11 is 0. The summed E-state index contributed by atoms with van der Waals surface area (Å²) in [6.45, 7) is 2.42. The number of esters is 1. The SMILES string of the molecule is CC[C@H](C(=O)N1CCCC[C@H]1C(=O)O[C@H](CCc1ccc(OC)c(OC)c1)c1cccc(OC)c1)c1cc(OC)c(OC)c(OC)c1. The molecule has 10 nitrogen and oxygen atoms in total. The van der Waals surface area contributed by atoms with E-state index >= 15 is 0 Å². The van der Waals surface area contributed by atoms with Crippen molar-refractivity contribution >= 4 is 11.9 Å². The number of nitrogens with zero attached hydrogens (tertiary/aromatic N) is 1. The van der Waals surface area contributed by atoms with Crippen LogP contribution in [-0.4, -0.2) is 72.0 Å². The van der Waals surface area contributed by atoms with E-state index in [0.29, 0.717) is 66.7 Å². The molecule has 1 heterocycles. The van der Waals surface area contributed by atoms with Crippen molar-refractivity contribution in [2.45, 2.75) is 63.5 Å². The predicted octanol–water partition coefficient (Wildman–Crippen LogP) is 6.53. The van der Waals surface area contributed by atoms with Crippen molar-refractivity contribution in [3.05, 3.63) is 71.3 Å².